The van der Waals surface area contributed by atoms with Crippen molar-refractivity contribution in [3.05, 3.63) is 35.9 Å². The third kappa shape index (κ3) is 3.66. The van der Waals surface area contributed by atoms with E-state index in [9.17, 15) is 9.59 Å². The summed E-state index contributed by atoms with van der Waals surface area (Å²) in [6.45, 7) is 1.46. The minimum absolute atomic E-state index is 0.0195. The maximum absolute atomic E-state index is 12.0. The molecule has 0 saturated heterocycles. The van der Waals surface area contributed by atoms with Gasteiger partial charge in [0, 0.05) is 26.1 Å². The SMILES string of the molecule is CC(=O)CCC(=O)N(C)c1cn(-c2cccnc2)nc1Cl. The lowest BCUT2D eigenvalue weighted by atomic mass is 10.2. The topological polar surface area (TPSA) is 68.1 Å². The first kappa shape index (κ1) is 15.2. The molecule has 0 atom stereocenters. The van der Waals surface area contributed by atoms with E-state index in [1.54, 1.807) is 36.4 Å². The van der Waals surface area contributed by atoms with Crippen LogP contribution in [0.2, 0.25) is 5.15 Å². The van der Waals surface area contributed by atoms with Crippen LogP contribution in [-0.4, -0.2) is 33.5 Å². The molecular weight excluding hydrogens is 292 g/mol. The van der Waals surface area contributed by atoms with E-state index in [0.29, 0.717) is 5.69 Å². The van der Waals surface area contributed by atoms with Crippen LogP contribution in [0.4, 0.5) is 5.69 Å². The van der Waals surface area contributed by atoms with E-state index in [-0.39, 0.29) is 29.7 Å². The summed E-state index contributed by atoms with van der Waals surface area (Å²) in [7, 11) is 1.61. The Bertz CT molecular complexity index is 654. The van der Waals surface area contributed by atoms with E-state index < -0.39 is 0 Å². The van der Waals surface area contributed by atoms with Crippen LogP contribution in [0.25, 0.3) is 5.69 Å². The molecule has 21 heavy (non-hydrogen) atoms. The summed E-state index contributed by atoms with van der Waals surface area (Å²) in [5.41, 5.74) is 1.24. The number of ketones is 1. The Hall–Kier alpha value is -2.21. The van der Waals surface area contributed by atoms with Gasteiger partial charge in [-0.15, -0.1) is 0 Å². The van der Waals surface area contributed by atoms with Gasteiger partial charge in [0.05, 0.1) is 18.1 Å². The second-order valence-corrected chi connectivity index (χ2v) is 4.97. The molecule has 0 fully saturated rings. The summed E-state index contributed by atoms with van der Waals surface area (Å²) in [5, 5.41) is 4.38. The predicted molar refractivity (Wildman–Crippen MR) is 79.7 cm³/mol. The van der Waals surface area contributed by atoms with Gasteiger partial charge in [0.15, 0.2) is 5.15 Å². The van der Waals surface area contributed by atoms with Crippen molar-refractivity contribution in [2.45, 2.75) is 19.8 Å². The van der Waals surface area contributed by atoms with Gasteiger partial charge in [0.25, 0.3) is 0 Å². The molecule has 110 valence electrons. The Morgan fingerprint density at radius 2 is 2.14 bits per heavy atom. The van der Waals surface area contributed by atoms with Crippen LogP contribution in [-0.2, 0) is 9.59 Å². The molecule has 7 heteroatoms. The molecule has 0 saturated carbocycles. The van der Waals surface area contributed by atoms with Crippen molar-refractivity contribution in [1.82, 2.24) is 14.8 Å². The number of carbonyl (C=O) groups is 2. The van der Waals surface area contributed by atoms with E-state index in [1.807, 2.05) is 6.07 Å². The fourth-order valence-electron chi connectivity index (χ4n) is 1.78. The summed E-state index contributed by atoms with van der Waals surface area (Å²) in [4.78, 5) is 28.4. The average molecular weight is 307 g/mol. The minimum atomic E-state index is -0.183. The largest absolute Gasteiger partial charge is 0.311 e. The van der Waals surface area contributed by atoms with Gasteiger partial charge in [0.1, 0.15) is 11.5 Å². The molecule has 0 aromatic carbocycles. The first-order chi connectivity index (χ1) is 9.99. The number of halogens is 1. The Morgan fingerprint density at radius 3 is 2.76 bits per heavy atom. The summed E-state index contributed by atoms with van der Waals surface area (Å²) >= 11 is 6.08. The summed E-state index contributed by atoms with van der Waals surface area (Å²) in [6, 6.07) is 3.62. The molecule has 2 heterocycles. The van der Waals surface area contributed by atoms with Crippen molar-refractivity contribution < 1.29 is 9.59 Å². The molecule has 0 bridgehead atoms. The van der Waals surface area contributed by atoms with Crippen molar-refractivity contribution >= 4 is 29.0 Å². The van der Waals surface area contributed by atoms with Gasteiger partial charge in [-0.1, -0.05) is 11.6 Å². The predicted octanol–water partition coefficient (Wildman–Crippen LogP) is 2.25. The maximum atomic E-state index is 12.0. The standard InChI is InChI=1S/C14H15ClN4O2/c1-10(20)5-6-13(21)18(2)12-9-19(17-14(12)15)11-4-3-7-16-8-11/h3-4,7-9H,5-6H2,1-2H3. The second-order valence-electron chi connectivity index (χ2n) is 4.62. The number of amides is 1. The molecule has 2 rings (SSSR count). The van der Waals surface area contributed by atoms with Crippen molar-refractivity contribution in [3.8, 4) is 5.69 Å². The minimum Gasteiger partial charge on any atom is -0.311 e. The highest BCUT2D eigenvalue weighted by molar-refractivity contribution is 6.32. The van der Waals surface area contributed by atoms with Gasteiger partial charge in [-0.2, -0.15) is 5.10 Å². The zero-order valence-corrected chi connectivity index (χ0v) is 12.5. The molecule has 0 aliphatic rings. The highest BCUT2D eigenvalue weighted by Gasteiger charge is 2.18. The number of Topliss-reactive ketones (excluding diaryl/α,β-unsaturated/α-hetero) is 1. The zero-order valence-electron chi connectivity index (χ0n) is 11.8. The molecular formula is C14H15ClN4O2. The van der Waals surface area contributed by atoms with E-state index in [1.165, 1.54) is 11.8 Å². The molecule has 0 radical (unpaired) electrons. The third-order valence-corrected chi connectivity index (χ3v) is 3.26. The highest BCUT2D eigenvalue weighted by Crippen LogP contribution is 2.25. The van der Waals surface area contributed by atoms with Gasteiger partial charge in [-0.05, 0) is 19.1 Å². The van der Waals surface area contributed by atoms with Crippen LogP contribution in [0, 0.1) is 0 Å². The van der Waals surface area contributed by atoms with E-state index in [4.69, 9.17) is 11.6 Å². The number of hydrogen-bond donors (Lipinski definition) is 0. The first-order valence-corrected chi connectivity index (χ1v) is 6.78. The number of rotatable bonds is 5. The number of nitrogens with zero attached hydrogens (tertiary/aromatic N) is 4. The normalized spacial score (nSPS) is 10.4. The van der Waals surface area contributed by atoms with Crippen LogP contribution in [0.5, 0.6) is 0 Å². The summed E-state index contributed by atoms with van der Waals surface area (Å²) in [6.07, 6.45) is 5.33. The number of pyridine rings is 1. The Balaban J connectivity index is 2.19. The number of carbonyl (C=O) groups excluding carboxylic acids is 2. The Morgan fingerprint density at radius 1 is 1.38 bits per heavy atom. The van der Waals surface area contributed by atoms with Gasteiger partial charge < -0.3 is 9.69 Å². The van der Waals surface area contributed by atoms with Crippen LogP contribution < -0.4 is 4.90 Å². The molecule has 0 spiro atoms. The highest BCUT2D eigenvalue weighted by atomic mass is 35.5. The van der Waals surface area contributed by atoms with E-state index >= 15 is 0 Å². The van der Waals surface area contributed by atoms with Gasteiger partial charge >= 0.3 is 0 Å². The Kier molecular flexibility index (Phi) is 4.70. The van der Waals surface area contributed by atoms with Gasteiger partial charge in [-0.25, -0.2) is 4.68 Å². The van der Waals surface area contributed by atoms with E-state index in [2.05, 4.69) is 10.1 Å². The van der Waals surface area contributed by atoms with Crippen LogP contribution in [0.15, 0.2) is 30.7 Å². The first-order valence-electron chi connectivity index (χ1n) is 6.40. The summed E-state index contributed by atoms with van der Waals surface area (Å²) in [5.74, 6) is -0.202. The van der Waals surface area contributed by atoms with Gasteiger partial charge in [-0.3, -0.25) is 9.78 Å². The molecule has 1 amide bonds. The third-order valence-electron chi connectivity index (χ3n) is 2.99. The zero-order chi connectivity index (χ0) is 15.4. The lowest BCUT2D eigenvalue weighted by molar-refractivity contribution is -0.122. The molecule has 0 aliphatic carbocycles. The average Bonchev–Trinajstić information content (AvgIpc) is 2.86. The monoisotopic (exact) mass is 306 g/mol. The van der Waals surface area contributed by atoms with Crippen LogP contribution >= 0.6 is 11.6 Å². The van der Waals surface area contributed by atoms with Crippen molar-refractivity contribution in [2.24, 2.45) is 0 Å². The lowest BCUT2D eigenvalue weighted by Crippen LogP contribution is -2.26. The van der Waals surface area contributed by atoms with Crippen molar-refractivity contribution in [3.63, 3.8) is 0 Å². The lowest BCUT2D eigenvalue weighted by Gasteiger charge is -2.14. The van der Waals surface area contributed by atoms with Gasteiger partial charge in [0.2, 0.25) is 5.91 Å². The van der Waals surface area contributed by atoms with E-state index in [0.717, 1.165) is 5.69 Å². The number of anilines is 1. The number of aromatic nitrogens is 3. The fraction of sp³-hybridized carbons (Fsp3) is 0.286. The maximum Gasteiger partial charge on any atom is 0.227 e. The molecule has 0 N–H and O–H groups in total. The van der Waals surface area contributed by atoms with Crippen molar-refractivity contribution in [2.75, 3.05) is 11.9 Å². The molecule has 2 aromatic heterocycles. The molecule has 6 nitrogen and oxygen atoms in total. The van der Waals surface area contributed by atoms with Crippen molar-refractivity contribution in [1.29, 1.82) is 0 Å². The Labute approximate surface area is 127 Å². The molecule has 0 aliphatic heterocycles. The quantitative estimate of drug-likeness (QED) is 0.849. The second kappa shape index (κ2) is 6.49. The number of hydrogen-bond acceptors (Lipinski definition) is 4. The van der Waals surface area contributed by atoms with Crippen LogP contribution in [0.1, 0.15) is 19.8 Å². The summed E-state index contributed by atoms with van der Waals surface area (Å²) < 4.78 is 1.55. The fourth-order valence-corrected chi connectivity index (χ4v) is 2.03. The smallest absolute Gasteiger partial charge is 0.227 e. The molecule has 2 aromatic rings. The molecule has 0 unspecified atom stereocenters. The van der Waals surface area contributed by atoms with Crippen LogP contribution in [0.3, 0.4) is 0 Å².